The number of likely N-dealkylation sites (tertiary alicyclic amines) is 1. The summed E-state index contributed by atoms with van der Waals surface area (Å²) in [6.45, 7) is 3.15. The van der Waals surface area contributed by atoms with E-state index in [-0.39, 0.29) is 11.8 Å². The molecule has 0 saturated carbocycles. The highest BCUT2D eigenvalue weighted by molar-refractivity contribution is 7.20. The van der Waals surface area contributed by atoms with Crippen molar-refractivity contribution in [1.29, 1.82) is 0 Å². The average Bonchev–Trinajstić information content (AvgIpc) is 3.24. The Morgan fingerprint density at radius 3 is 3.04 bits per heavy atom. The van der Waals surface area contributed by atoms with Crippen LogP contribution in [0.4, 0.5) is 0 Å². The quantitative estimate of drug-likeness (QED) is 0.613. The zero-order chi connectivity index (χ0) is 18.1. The fourth-order valence-corrected chi connectivity index (χ4v) is 4.65. The van der Waals surface area contributed by atoms with Gasteiger partial charge in [-0.25, -0.2) is 0 Å². The minimum atomic E-state index is -0.0144. The Balaban J connectivity index is 1.48. The molecule has 0 aliphatic carbocycles. The normalized spacial score (nSPS) is 18.1. The summed E-state index contributed by atoms with van der Waals surface area (Å²) in [6.07, 6.45) is 5.31. The first kappa shape index (κ1) is 17.2. The highest BCUT2D eigenvalue weighted by Gasteiger charge is 2.27. The molecule has 1 amide bonds. The highest BCUT2D eigenvalue weighted by atomic mass is 35.5. The van der Waals surface area contributed by atoms with Crippen molar-refractivity contribution < 1.29 is 9.32 Å². The Hall–Kier alpha value is -2.18. The number of nitrogens with zero attached hydrogens (tertiary/aromatic N) is 3. The minimum absolute atomic E-state index is 0.0144. The summed E-state index contributed by atoms with van der Waals surface area (Å²) < 4.78 is 6.40. The van der Waals surface area contributed by atoms with E-state index in [4.69, 9.17) is 16.1 Å². The second-order valence-electron chi connectivity index (χ2n) is 6.41. The Labute approximate surface area is 160 Å². The predicted octanol–water partition coefficient (Wildman–Crippen LogP) is 4.67. The maximum Gasteiger partial charge on any atom is 0.246 e. The number of hydrogen-bond acceptors (Lipinski definition) is 5. The van der Waals surface area contributed by atoms with E-state index in [9.17, 15) is 4.79 Å². The van der Waals surface area contributed by atoms with E-state index in [1.807, 2.05) is 35.2 Å². The number of aryl methyl sites for hydroxylation is 1. The van der Waals surface area contributed by atoms with Gasteiger partial charge in [-0.05, 0) is 31.9 Å². The third-order valence-corrected chi connectivity index (χ3v) is 6.22. The summed E-state index contributed by atoms with van der Waals surface area (Å²) in [5, 5.41) is 5.58. The SMILES string of the molecule is Cc1noc(C2CCCN(C(=O)C=Cc3sc4ccccc4c3Cl)C2)n1. The number of carbonyl (C=O) groups is 1. The molecule has 0 spiro atoms. The van der Waals surface area contributed by atoms with E-state index >= 15 is 0 Å². The van der Waals surface area contributed by atoms with Gasteiger partial charge in [-0.3, -0.25) is 4.79 Å². The largest absolute Gasteiger partial charge is 0.339 e. The van der Waals surface area contributed by atoms with E-state index < -0.39 is 0 Å². The van der Waals surface area contributed by atoms with Crippen LogP contribution in [0.1, 0.15) is 35.4 Å². The summed E-state index contributed by atoms with van der Waals surface area (Å²) in [6, 6.07) is 7.98. The molecule has 5 nitrogen and oxygen atoms in total. The van der Waals surface area contributed by atoms with Gasteiger partial charge in [0.05, 0.1) is 10.9 Å². The Bertz CT molecular complexity index is 978. The van der Waals surface area contributed by atoms with Crippen LogP contribution in [0.3, 0.4) is 0 Å². The maximum absolute atomic E-state index is 12.6. The van der Waals surface area contributed by atoms with E-state index in [1.54, 1.807) is 24.3 Å². The molecule has 4 rings (SSSR count). The molecule has 2 aromatic heterocycles. The molecule has 1 aromatic carbocycles. The third kappa shape index (κ3) is 3.39. The van der Waals surface area contributed by atoms with Gasteiger partial charge in [-0.15, -0.1) is 11.3 Å². The van der Waals surface area contributed by atoms with Crippen molar-refractivity contribution in [3.05, 3.63) is 52.0 Å². The summed E-state index contributed by atoms with van der Waals surface area (Å²) in [5.74, 6) is 1.34. The molecule has 1 unspecified atom stereocenters. The molecule has 3 aromatic rings. The number of fused-ring (bicyclic) bond motifs is 1. The molecule has 0 N–H and O–H groups in total. The molecule has 7 heteroatoms. The number of hydrogen-bond donors (Lipinski definition) is 0. The topological polar surface area (TPSA) is 59.2 Å². The number of halogens is 1. The number of piperidine rings is 1. The van der Waals surface area contributed by atoms with Gasteiger partial charge in [0, 0.05) is 34.1 Å². The Kier molecular flexibility index (Phi) is 4.78. The van der Waals surface area contributed by atoms with Crippen molar-refractivity contribution in [2.45, 2.75) is 25.7 Å². The van der Waals surface area contributed by atoms with Crippen molar-refractivity contribution in [3.63, 3.8) is 0 Å². The zero-order valence-electron chi connectivity index (χ0n) is 14.3. The van der Waals surface area contributed by atoms with Crippen molar-refractivity contribution >= 4 is 45.0 Å². The van der Waals surface area contributed by atoms with Crippen LogP contribution in [0, 0.1) is 6.92 Å². The van der Waals surface area contributed by atoms with Crippen molar-refractivity contribution in [1.82, 2.24) is 15.0 Å². The van der Waals surface area contributed by atoms with Crippen LogP contribution < -0.4 is 0 Å². The lowest BCUT2D eigenvalue weighted by atomic mass is 9.98. The predicted molar refractivity (Wildman–Crippen MR) is 103 cm³/mol. The molecule has 0 bridgehead atoms. The van der Waals surface area contributed by atoms with Crippen LogP contribution in [-0.4, -0.2) is 34.0 Å². The van der Waals surface area contributed by atoms with Gasteiger partial charge in [-0.2, -0.15) is 4.98 Å². The number of amides is 1. The summed E-state index contributed by atoms with van der Waals surface area (Å²) in [7, 11) is 0. The molecule has 1 aliphatic rings. The first-order chi connectivity index (χ1) is 12.6. The van der Waals surface area contributed by atoms with E-state index in [1.165, 1.54) is 0 Å². The summed E-state index contributed by atoms with van der Waals surface area (Å²) >= 11 is 8.03. The Morgan fingerprint density at radius 1 is 1.42 bits per heavy atom. The van der Waals surface area contributed by atoms with Gasteiger partial charge in [0.15, 0.2) is 5.82 Å². The standard InChI is InChI=1S/C19H18ClN3O2S/c1-12-21-19(25-22-12)13-5-4-10-23(11-13)17(24)9-8-16-18(20)14-6-2-3-7-15(14)26-16/h2-3,6-9,13H,4-5,10-11H2,1H3. The van der Waals surface area contributed by atoms with E-state index in [0.717, 1.165) is 34.3 Å². The fourth-order valence-electron chi connectivity index (χ4n) is 3.25. The van der Waals surface area contributed by atoms with Crippen LogP contribution in [0.2, 0.25) is 5.02 Å². The molecule has 1 fully saturated rings. The number of aromatic nitrogens is 2. The van der Waals surface area contributed by atoms with Crippen LogP contribution in [0.5, 0.6) is 0 Å². The van der Waals surface area contributed by atoms with Crippen molar-refractivity contribution in [3.8, 4) is 0 Å². The summed E-state index contributed by atoms with van der Waals surface area (Å²) in [4.78, 5) is 19.7. The molecule has 134 valence electrons. The fraction of sp³-hybridized carbons (Fsp3) is 0.316. The molecule has 0 radical (unpaired) electrons. The first-order valence-electron chi connectivity index (χ1n) is 8.56. The van der Waals surface area contributed by atoms with Gasteiger partial charge in [0.25, 0.3) is 0 Å². The van der Waals surface area contributed by atoms with Crippen LogP contribution in [0.25, 0.3) is 16.2 Å². The van der Waals surface area contributed by atoms with Gasteiger partial charge < -0.3 is 9.42 Å². The van der Waals surface area contributed by atoms with E-state index in [0.29, 0.717) is 23.3 Å². The smallest absolute Gasteiger partial charge is 0.246 e. The molecule has 26 heavy (non-hydrogen) atoms. The minimum Gasteiger partial charge on any atom is -0.339 e. The monoisotopic (exact) mass is 387 g/mol. The van der Waals surface area contributed by atoms with Crippen LogP contribution in [0.15, 0.2) is 34.9 Å². The number of rotatable bonds is 3. The lowest BCUT2D eigenvalue weighted by Gasteiger charge is -2.30. The van der Waals surface area contributed by atoms with E-state index in [2.05, 4.69) is 10.1 Å². The molecule has 1 atom stereocenters. The zero-order valence-corrected chi connectivity index (χ0v) is 15.9. The molecular formula is C19H18ClN3O2S. The average molecular weight is 388 g/mol. The van der Waals surface area contributed by atoms with Gasteiger partial charge in [0.2, 0.25) is 11.8 Å². The van der Waals surface area contributed by atoms with Crippen molar-refractivity contribution in [2.75, 3.05) is 13.1 Å². The van der Waals surface area contributed by atoms with Gasteiger partial charge in [-0.1, -0.05) is 35.0 Å². The number of benzene rings is 1. The molecular weight excluding hydrogens is 370 g/mol. The van der Waals surface area contributed by atoms with Crippen LogP contribution in [-0.2, 0) is 4.79 Å². The van der Waals surface area contributed by atoms with Crippen LogP contribution >= 0.6 is 22.9 Å². The maximum atomic E-state index is 12.6. The molecule has 1 saturated heterocycles. The number of thiophene rings is 1. The second-order valence-corrected chi connectivity index (χ2v) is 7.87. The lowest BCUT2D eigenvalue weighted by Crippen LogP contribution is -2.38. The Morgan fingerprint density at radius 2 is 2.27 bits per heavy atom. The summed E-state index contributed by atoms with van der Waals surface area (Å²) in [5.41, 5.74) is 0. The lowest BCUT2D eigenvalue weighted by molar-refractivity contribution is -0.127. The molecule has 1 aliphatic heterocycles. The third-order valence-electron chi connectivity index (χ3n) is 4.56. The van der Waals surface area contributed by atoms with Crippen molar-refractivity contribution in [2.24, 2.45) is 0 Å². The van der Waals surface area contributed by atoms with Gasteiger partial charge in [0.1, 0.15) is 0 Å². The van der Waals surface area contributed by atoms with Gasteiger partial charge >= 0.3 is 0 Å². The first-order valence-corrected chi connectivity index (χ1v) is 9.75. The highest BCUT2D eigenvalue weighted by Crippen LogP contribution is 2.36. The number of carbonyl (C=O) groups excluding carboxylic acids is 1. The second kappa shape index (κ2) is 7.21. The molecule has 3 heterocycles.